The molecule has 162 valence electrons. The largest absolute Gasteiger partial charge is 0.325 e. The molecule has 1 aliphatic rings. The number of rotatable bonds is 5. The third kappa shape index (κ3) is 5.17. The first-order chi connectivity index (χ1) is 14.9. The summed E-state index contributed by atoms with van der Waals surface area (Å²) in [6, 6.07) is 16.0. The maximum absolute atomic E-state index is 13.2. The van der Waals surface area contributed by atoms with Crippen LogP contribution >= 0.6 is 27.5 Å². The van der Waals surface area contributed by atoms with Crippen molar-refractivity contribution in [1.82, 2.24) is 19.9 Å². The first kappa shape index (κ1) is 22.0. The predicted octanol–water partition coefficient (Wildman–Crippen LogP) is 5.21. The lowest BCUT2D eigenvalue weighted by Gasteiger charge is -2.43. The number of nitrogens with zero attached hydrogens (tertiary/aromatic N) is 4. The topological polar surface area (TPSA) is 63.1 Å². The molecule has 8 heteroatoms. The fraction of sp³-hybridized carbons (Fsp3) is 0.348. The van der Waals surface area contributed by atoms with Crippen LogP contribution in [0.15, 0.2) is 59.2 Å². The molecular formula is C23H25BrClN5O. The number of hydrogen-bond acceptors (Lipinski definition) is 4. The predicted molar refractivity (Wildman–Crippen MR) is 126 cm³/mol. The molecule has 1 amide bonds. The van der Waals surface area contributed by atoms with Crippen molar-refractivity contribution in [3.8, 4) is 0 Å². The molecule has 1 aromatic heterocycles. The number of likely N-dealkylation sites (tertiary alicyclic amines) is 1. The molecule has 1 aliphatic heterocycles. The van der Waals surface area contributed by atoms with Gasteiger partial charge in [-0.15, -0.1) is 5.10 Å². The van der Waals surface area contributed by atoms with Gasteiger partial charge in [-0.25, -0.2) is 0 Å². The summed E-state index contributed by atoms with van der Waals surface area (Å²) < 4.78 is 2.49. The highest BCUT2D eigenvalue weighted by Gasteiger charge is 2.38. The normalized spacial score (nSPS) is 21.7. The van der Waals surface area contributed by atoms with Gasteiger partial charge < -0.3 is 5.32 Å². The number of halogens is 2. The van der Waals surface area contributed by atoms with Crippen molar-refractivity contribution in [3.05, 3.63) is 75.5 Å². The quantitative estimate of drug-likeness (QED) is 0.520. The molecule has 31 heavy (non-hydrogen) atoms. The number of carbonyl (C=O) groups excluding carboxylic acids is 1. The molecule has 1 fully saturated rings. The van der Waals surface area contributed by atoms with Crippen molar-refractivity contribution in [2.45, 2.75) is 38.4 Å². The summed E-state index contributed by atoms with van der Waals surface area (Å²) in [5.74, 6) is -0.111. The van der Waals surface area contributed by atoms with E-state index in [-0.39, 0.29) is 23.9 Å². The van der Waals surface area contributed by atoms with Crippen LogP contribution in [0.1, 0.15) is 37.1 Å². The van der Waals surface area contributed by atoms with Crippen molar-refractivity contribution in [1.29, 1.82) is 0 Å². The Morgan fingerprint density at radius 1 is 1.23 bits per heavy atom. The Bertz CT molecular complexity index is 1060. The molecule has 3 aromatic rings. The van der Waals surface area contributed by atoms with Crippen LogP contribution in [0.25, 0.3) is 0 Å². The van der Waals surface area contributed by atoms with E-state index >= 15 is 0 Å². The number of carbonyl (C=O) groups is 1. The molecule has 1 unspecified atom stereocenters. The van der Waals surface area contributed by atoms with Crippen LogP contribution in [0, 0.1) is 5.92 Å². The highest BCUT2D eigenvalue weighted by Crippen LogP contribution is 2.38. The molecule has 0 radical (unpaired) electrons. The number of benzene rings is 2. The maximum Gasteiger partial charge on any atom is 0.227 e. The van der Waals surface area contributed by atoms with Gasteiger partial charge in [-0.3, -0.25) is 14.4 Å². The Morgan fingerprint density at radius 3 is 2.68 bits per heavy atom. The van der Waals surface area contributed by atoms with Crippen LogP contribution in [0.4, 0.5) is 5.69 Å². The number of aromatic nitrogens is 3. The van der Waals surface area contributed by atoms with E-state index < -0.39 is 0 Å². The summed E-state index contributed by atoms with van der Waals surface area (Å²) >= 11 is 9.51. The van der Waals surface area contributed by atoms with Gasteiger partial charge in [0, 0.05) is 41.2 Å². The number of aryl methyl sites for hydroxylation is 1. The van der Waals surface area contributed by atoms with Crippen molar-refractivity contribution >= 4 is 39.1 Å². The number of anilines is 1. The van der Waals surface area contributed by atoms with Gasteiger partial charge in [0.25, 0.3) is 0 Å². The Labute approximate surface area is 195 Å². The Hall–Kier alpha value is -2.22. The zero-order valence-corrected chi connectivity index (χ0v) is 19.8. The van der Waals surface area contributed by atoms with Gasteiger partial charge in [0.15, 0.2) is 0 Å². The third-order valence-corrected chi connectivity index (χ3v) is 6.72. The smallest absolute Gasteiger partial charge is 0.227 e. The summed E-state index contributed by atoms with van der Waals surface area (Å²) in [5.41, 5.74) is 2.87. The number of nitrogens with one attached hydrogen (secondary N) is 1. The molecule has 0 aliphatic carbocycles. The van der Waals surface area contributed by atoms with E-state index in [4.69, 9.17) is 11.6 Å². The zero-order chi connectivity index (χ0) is 22.0. The molecule has 0 bridgehead atoms. The van der Waals surface area contributed by atoms with Crippen LogP contribution < -0.4 is 5.32 Å². The minimum atomic E-state index is -0.128. The molecule has 1 saturated heterocycles. The van der Waals surface area contributed by atoms with Gasteiger partial charge in [-0.05, 0) is 59.5 Å². The molecular weight excluding hydrogens is 478 g/mol. The van der Waals surface area contributed by atoms with Gasteiger partial charge >= 0.3 is 0 Å². The Morgan fingerprint density at radius 2 is 2.00 bits per heavy atom. The first-order valence-corrected chi connectivity index (χ1v) is 11.5. The average molecular weight is 503 g/mol. The fourth-order valence-electron chi connectivity index (χ4n) is 4.26. The van der Waals surface area contributed by atoms with Gasteiger partial charge in [-0.2, -0.15) is 0 Å². The third-order valence-electron chi connectivity index (χ3n) is 5.83. The lowest BCUT2D eigenvalue weighted by Crippen LogP contribution is -2.45. The van der Waals surface area contributed by atoms with Crippen molar-refractivity contribution in [3.63, 3.8) is 0 Å². The molecule has 2 aromatic carbocycles. The van der Waals surface area contributed by atoms with Gasteiger partial charge in [0.2, 0.25) is 5.91 Å². The van der Waals surface area contributed by atoms with E-state index in [2.05, 4.69) is 67.6 Å². The summed E-state index contributed by atoms with van der Waals surface area (Å²) in [4.78, 5) is 15.6. The van der Waals surface area contributed by atoms with E-state index in [1.165, 1.54) is 5.56 Å². The van der Waals surface area contributed by atoms with Crippen molar-refractivity contribution in [2.24, 2.45) is 13.0 Å². The first-order valence-electron chi connectivity index (χ1n) is 10.3. The monoisotopic (exact) mass is 501 g/mol. The number of hydrogen-bond donors (Lipinski definition) is 1. The molecule has 6 nitrogen and oxygen atoms in total. The Balaban J connectivity index is 1.56. The molecule has 3 atom stereocenters. The lowest BCUT2D eigenvalue weighted by molar-refractivity contribution is -0.123. The maximum atomic E-state index is 13.2. The van der Waals surface area contributed by atoms with Gasteiger partial charge in [0.05, 0.1) is 17.4 Å². The van der Waals surface area contributed by atoms with E-state index in [1.54, 1.807) is 16.8 Å². The van der Waals surface area contributed by atoms with Crippen LogP contribution in [0.3, 0.4) is 0 Å². The fourth-order valence-corrected chi connectivity index (χ4v) is 5.05. The minimum Gasteiger partial charge on any atom is -0.325 e. The molecule has 0 spiro atoms. The lowest BCUT2D eigenvalue weighted by atomic mass is 9.84. The SMILES string of the molecule is C[C@H]1CC(C(=O)Nc2ccc(Cl)cc2Br)C[C@@H](c2cn(C)nn2)N1Cc1ccccc1. The zero-order valence-electron chi connectivity index (χ0n) is 17.5. The van der Waals surface area contributed by atoms with Crippen molar-refractivity contribution < 1.29 is 4.79 Å². The molecule has 2 heterocycles. The van der Waals surface area contributed by atoms with Gasteiger partial charge in [-0.1, -0.05) is 47.1 Å². The van der Waals surface area contributed by atoms with Crippen LogP contribution in [0.2, 0.25) is 5.02 Å². The second-order valence-corrected chi connectivity index (χ2v) is 9.41. The number of piperidine rings is 1. The highest BCUT2D eigenvalue weighted by atomic mass is 79.9. The summed E-state index contributed by atoms with van der Waals surface area (Å²) in [6.07, 6.45) is 3.42. The minimum absolute atomic E-state index is 0.0158. The van der Waals surface area contributed by atoms with Crippen LogP contribution in [-0.4, -0.2) is 31.8 Å². The average Bonchev–Trinajstić information content (AvgIpc) is 3.18. The second-order valence-electron chi connectivity index (χ2n) is 8.12. The van der Waals surface area contributed by atoms with E-state index in [1.807, 2.05) is 25.4 Å². The van der Waals surface area contributed by atoms with Crippen molar-refractivity contribution in [2.75, 3.05) is 5.32 Å². The van der Waals surface area contributed by atoms with Crippen LogP contribution in [-0.2, 0) is 18.4 Å². The number of amides is 1. The summed E-state index contributed by atoms with van der Waals surface area (Å²) in [6.45, 7) is 2.99. The van der Waals surface area contributed by atoms with Gasteiger partial charge in [0.1, 0.15) is 0 Å². The summed E-state index contributed by atoms with van der Waals surface area (Å²) in [5, 5.41) is 12.2. The van der Waals surface area contributed by atoms with Crippen LogP contribution in [0.5, 0.6) is 0 Å². The standard InChI is InChI=1S/C23H25BrClN5O/c1-15-10-17(23(31)26-20-9-8-18(25)12-19(20)24)11-22(21-14-29(2)28-27-21)30(15)13-16-6-4-3-5-7-16/h3-9,12,14-15,17,22H,10-11,13H2,1-2H3,(H,26,31)/t15-,17?,22-/m0/s1. The molecule has 4 rings (SSSR count). The van der Waals surface area contributed by atoms with E-state index in [0.29, 0.717) is 11.4 Å². The second kappa shape index (κ2) is 9.51. The Kier molecular flexibility index (Phi) is 6.74. The molecule has 1 N–H and O–H groups in total. The summed E-state index contributed by atoms with van der Waals surface area (Å²) in [7, 11) is 1.87. The molecule has 0 saturated carbocycles. The highest BCUT2D eigenvalue weighted by molar-refractivity contribution is 9.10. The van der Waals surface area contributed by atoms with E-state index in [9.17, 15) is 4.79 Å². The van der Waals surface area contributed by atoms with E-state index in [0.717, 1.165) is 28.8 Å².